The smallest absolute Gasteiger partial charge is 0.471 e. The van der Waals surface area contributed by atoms with Crippen LogP contribution in [0.2, 0.25) is 0 Å². The first-order chi connectivity index (χ1) is 38.5. The molecule has 5 aliphatic heterocycles. The number of phosphoric acid groups is 1. The summed E-state index contributed by atoms with van der Waals surface area (Å²) in [4.78, 5) is 113. The molecule has 0 saturated carbocycles. The van der Waals surface area contributed by atoms with E-state index in [0.29, 0.717) is 52.7 Å². The molecule has 5 aromatic rings. The van der Waals surface area contributed by atoms with Crippen molar-refractivity contribution in [2.45, 2.75) is 122 Å². The van der Waals surface area contributed by atoms with Gasteiger partial charge in [0.1, 0.15) is 29.6 Å². The summed E-state index contributed by atoms with van der Waals surface area (Å²) in [5.41, 5.74) is 6.14. The van der Waals surface area contributed by atoms with Crippen molar-refractivity contribution in [3.63, 3.8) is 0 Å². The zero-order valence-electron chi connectivity index (χ0n) is 46.6. The molecule has 6 aliphatic rings. The van der Waals surface area contributed by atoms with Crippen molar-refractivity contribution < 1.29 is 56.8 Å². The van der Waals surface area contributed by atoms with Crippen LogP contribution in [0.4, 0.5) is 28.7 Å². The second-order valence-electron chi connectivity index (χ2n) is 21.0. The third kappa shape index (κ3) is 9.85. The maximum Gasteiger partial charge on any atom is 0.471 e. The SMILES string of the molecule is [2H]C([2H])([2H])Oc1ncc(-c2ccnc(N3CCc4c(sc5c4CCCC5)C3=O)c2[C@H](C)O)cc1Nc1ccc(N2CCN(C3CCN(c4ccc5c(c4)C(=O)N([C@H]4CCC(=O)N(C(C)OP(=O)(O)O)C4=O)C5=O)[C@H](C)C3)C[C@@H]2C)cn1. The molecule has 21 nitrogen and oxygen atoms in total. The molecule has 3 saturated heterocycles. The number of likely N-dealkylation sites (tertiary alicyclic amines) is 1. The fourth-order valence-electron chi connectivity index (χ4n) is 12.5. The Morgan fingerprint density at radius 3 is 2.33 bits per heavy atom. The molecule has 4 aromatic heterocycles. The van der Waals surface area contributed by atoms with Crippen LogP contribution in [0.25, 0.3) is 11.1 Å². The Kier molecular flexibility index (Phi) is 13.5. The number of ether oxygens (including phenoxy) is 1. The van der Waals surface area contributed by atoms with Crippen LogP contribution in [-0.2, 0) is 37.9 Å². The Morgan fingerprint density at radius 2 is 1.59 bits per heavy atom. The summed E-state index contributed by atoms with van der Waals surface area (Å²) in [6, 6.07) is 11.3. The van der Waals surface area contributed by atoms with Crippen LogP contribution in [0.5, 0.6) is 5.88 Å². The van der Waals surface area contributed by atoms with Gasteiger partial charge in [-0.15, -0.1) is 11.3 Å². The number of carbonyl (C=O) groups excluding carboxylic acids is 5. The number of aryl methyl sites for hydroxylation is 1. The number of methoxy groups -OCH3 is 1. The van der Waals surface area contributed by atoms with Crippen molar-refractivity contribution in [3.05, 3.63) is 98.6 Å². The minimum Gasteiger partial charge on any atom is -0.480 e. The van der Waals surface area contributed by atoms with Gasteiger partial charge in [0.05, 0.1) is 45.1 Å². The average molecular weight is 1110 g/mol. The van der Waals surface area contributed by atoms with Crippen molar-refractivity contribution in [3.8, 4) is 17.0 Å². The number of amides is 5. The monoisotopic (exact) mass is 1110 g/mol. The number of piperidine rings is 2. The molecule has 0 radical (unpaired) electrons. The standard InChI is InChI=1S/C55H63N10O11PS/c1-30-24-35(17-20-61(30)36-10-12-41-42(26-36)53(69)65(52(41)68)44-13-15-47(67)64(54(44)70)33(4)76-77(72,73)74)60-22-23-62(31(2)29-60)37-11-14-46(57-28-37)59-43-25-34(27-58-51(43)75-5)38-16-19-56-50(48(38)32(3)66)63-21-18-40-39-8-6-7-9-45(39)78-49(40)55(63)71/h10-12,14,16,19,25-28,30-33,35,44,66H,6-9,13,15,17-18,20-24,29H2,1-5H3,(H,57,59)(H2,72,73,74)/t30-,31+,32+,33?,35?,44+/m1/s1/i5D3. The number of aliphatic hydroxyl groups excluding tert-OH is 1. The molecule has 9 heterocycles. The average Bonchev–Trinajstić information content (AvgIpc) is 4.02. The molecule has 0 bridgehead atoms. The maximum atomic E-state index is 14.2. The molecule has 3 fully saturated rings. The van der Waals surface area contributed by atoms with Crippen LogP contribution in [-0.4, -0.2) is 144 Å². The molecular weight excluding hydrogens is 1040 g/mol. The van der Waals surface area contributed by atoms with Gasteiger partial charge in [-0.2, -0.15) is 0 Å². The quantitative estimate of drug-likeness (QED) is 0.0714. The van der Waals surface area contributed by atoms with E-state index in [4.69, 9.17) is 13.8 Å². The topological polar surface area (TPSA) is 252 Å². The minimum absolute atomic E-state index is 0.0625. The molecule has 11 rings (SSSR count). The number of nitrogens with zero attached hydrogens (tertiary/aromatic N) is 9. The number of aromatic nitrogens is 3. The lowest BCUT2D eigenvalue weighted by molar-refractivity contribution is -0.161. The van der Waals surface area contributed by atoms with Crippen molar-refractivity contribution in [1.82, 2.24) is 29.7 Å². The highest BCUT2D eigenvalue weighted by Crippen LogP contribution is 2.44. The van der Waals surface area contributed by atoms with Gasteiger partial charge in [0.25, 0.3) is 23.6 Å². The second kappa shape index (κ2) is 21.2. The third-order valence-corrected chi connectivity index (χ3v) is 18.1. The van der Waals surface area contributed by atoms with Crippen LogP contribution < -0.4 is 24.8 Å². The zero-order chi connectivity index (χ0) is 57.4. The highest BCUT2D eigenvalue weighted by Gasteiger charge is 2.49. The van der Waals surface area contributed by atoms with Gasteiger partial charge in [0.15, 0.2) is 0 Å². The molecule has 2 unspecified atom stereocenters. The number of thiophene rings is 1. The number of imide groups is 2. The second-order valence-corrected chi connectivity index (χ2v) is 23.3. The van der Waals surface area contributed by atoms with Gasteiger partial charge < -0.3 is 34.7 Å². The van der Waals surface area contributed by atoms with E-state index >= 15 is 0 Å². The number of hydrogen-bond donors (Lipinski definition) is 4. The molecule has 1 aromatic carbocycles. The summed E-state index contributed by atoms with van der Waals surface area (Å²) in [5, 5.41) is 14.6. The molecule has 6 atom stereocenters. The Hall–Kier alpha value is -6.65. The molecule has 0 spiro atoms. The van der Waals surface area contributed by atoms with Crippen LogP contribution in [0.1, 0.15) is 128 Å². The van der Waals surface area contributed by atoms with Crippen LogP contribution in [0.3, 0.4) is 0 Å². The number of anilines is 5. The van der Waals surface area contributed by atoms with Crippen molar-refractivity contribution >= 4 is 77.4 Å². The summed E-state index contributed by atoms with van der Waals surface area (Å²) < 4.78 is 45.2. The van der Waals surface area contributed by atoms with Gasteiger partial charge in [-0.3, -0.25) is 48.1 Å². The van der Waals surface area contributed by atoms with Crippen molar-refractivity contribution in [2.75, 3.05) is 59.8 Å². The van der Waals surface area contributed by atoms with E-state index < -0.39 is 56.9 Å². The fourth-order valence-corrected chi connectivity index (χ4v) is 14.4. The Labute approximate surface area is 459 Å². The molecule has 4 N–H and O–H groups in total. The minimum atomic E-state index is -5.08. The fraction of sp³-hybridized carbons (Fsp3) is 0.455. The highest BCUT2D eigenvalue weighted by molar-refractivity contribution is 7.46. The van der Waals surface area contributed by atoms with E-state index in [-0.39, 0.29) is 59.6 Å². The Bertz CT molecular complexity index is 3400. The van der Waals surface area contributed by atoms with E-state index in [1.807, 2.05) is 12.1 Å². The van der Waals surface area contributed by atoms with Crippen molar-refractivity contribution in [2.24, 2.45) is 0 Å². The molecule has 1 aliphatic carbocycles. The summed E-state index contributed by atoms with van der Waals surface area (Å²) in [6.07, 6.45) is 8.39. The molecule has 5 amide bonds. The number of hydrogen-bond acceptors (Lipinski definition) is 17. The van der Waals surface area contributed by atoms with Gasteiger partial charge in [-0.1, -0.05) is 0 Å². The van der Waals surface area contributed by atoms with E-state index in [9.17, 15) is 43.4 Å². The molecular formula is C55H63N10O11PS. The number of fused-ring (bicyclic) bond motifs is 4. The lowest BCUT2D eigenvalue weighted by atomic mass is 9.91. The van der Waals surface area contributed by atoms with Crippen LogP contribution in [0, 0.1) is 0 Å². The largest absolute Gasteiger partial charge is 0.480 e. The Balaban J connectivity index is 0.737. The number of pyridine rings is 3. The van der Waals surface area contributed by atoms with Gasteiger partial charge in [0, 0.05) is 91.4 Å². The number of phosphoric ester groups is 1. The van der Waals surface area contributed by atoms with E-state index in [2.05, 4.69) is 48.4 Å². The van der Waals surface area contributed by atoms with Gasteiger partial charge in [-0.25, -0.2) is 19.5 Å². The van der Waals surface area contributed by atoms with Gasteiger partial charge >= 0.3 is 7.82 Å². The number of benzene rings is 1. The number of aliphatic hydroxyl groups is 1. The number of carbonyl (C=O) groups is 5. The van der Waals surface area contributed by atoms with Crippen LogP contribution in [0.15, 0.2) is 61.1 Å². The van der Waals surface area contributed by atoms with Gasteiger partial charge in [-0.05, 0) is 138 Å². The molecule has 23 heteroatoms. The molecule has 78 heavy (non-hydrogen) atoms. The third-order valence-electron chi connectivity index (χ3n) is 16.2. The lowest BCUT2D eigenvalue weighted by Gasteiger charge is -2.48. The first-order valence-electron chi connectivity index (χ1n) is 28.0. The van der Waals surface area contributed by atoms with E-state index in [0.717, 1.165) is 91.8 Å². The number of piperazine rings is 1. The summed E-state index contributed by atoms with van der Waals surface area (Å²) in [6.45, 7) is 10.5. The number of nitrogens with one attached hydrogen (secondary N) is 1. The Morgan fingerprint density at radius 1 is 0.808 bits per heavy atom. The maximum absolute atomic E-state index is 14.2. The predicted molar refractivity (Wildman–Crippen MR) is 291 cm³/mol. The zero-order valence-corrected chi connectivity index (χ0v) is 45.3. The first kappa shape index (κ1) is 49.6. The van der Waals surface area contributed by atoms with Crippen molar-refractivity contribution in [1.29, 1.82) is 0 Å². The lowest BCUT2D eigenvalue weighted by Crippen LogP contribution is -2.58. The van der Waals surface area contributed by atoms with E-state index in [1.54, 1.807) is 65.9 Å². The predicted octanol–water partition coefficient (Wildman–Crippen LogP) is 6.62. The summed E-state index contributed by atoms with van der Waals surface area (Å²) in [7, 11) is -7.90. The first-order valence-corrected chi connectivity index (χ1v) is 28.8. The highest BCUT2D eigenvalue weighted by atomic mass is 32.1. The summed E-state index contributed by atoms with van der Waals surface area (Å²) >= 11 is 1.58. The van der Waals surface area contributed by atoms with Crippen LogP contribution >= 0.6 is 19.2 Å². The number of rotatable bonds is 13. The normalized spacial score (nSPS) is 23.6. The van der Waals surface area contributed by atoms with E-state index in [1.165, 1.54) is 16.6 Å². The van der Waals surface area contributed by atoms with Gasteiger partial charge in [0.2, 0.25) is 11.8 Å². The summed E-state index contributed by atoms with van der Waals surface area (Å²) in [5.74, 6) is -2.61. The molecule has 410 valence electrons.